The van der Waals surface area contributed by atoms with Gasteiger partial charge in [0.1, 0.15) is 0 Å². The summed E-state index contributed by atoms with van der Waals surface area (Å²) in [6.07, 6.45) is 0. The van der Waals surface area contributed by atoms with Crippen LogP contribution in [0.1, 0.15) is 10.4 Å². The average Bonchev–Trinajstić information content (AvgIpc) is 1.94. The van der Waals surface area contributed by atoms with Gasteiger partial charge in [0.2, 0.25) is 0 Å². The molecule has 1 aromatic carbocycles. The van der Waals surface area contributed by atoms with E-state index in [1.54, 1.807) is 0 Å². The molecule has 2 nitrogen and oxygen atoms in total. The second-order valence-electron chi connectivity index (χ2n) is 1.93. The van der Waals surface area contributed by atoms with Gasteiger partial charge in [0.15, 0.2) is 0 Å². The molecule has 0 saturated carbocycles. The molecule has 1 rings (SSSR count). The van der Waals surface area contributed by atoms with Crippen molar-refractivity contribution in [3.8, 4) is 0 Å². The van der Waals surface area contributed by atoms with Crippen molar-refractivity contribution in [2.75, 3.05) is 0 Å². The van der Waals surface area contributed by atoms with E-state index in [-0.39, 0.29) is 27.1 Å². The van der Waals surface area contributed by atoms with Gasteiger partial charge < -0.3 is 5.11 Å². The summed E-state index contributed by atoms with van der Waals surface area (Å²) < 4.78 is 0. The summed E-state index contributed by atoms with van der Waals surface area (Å²) in [6.45, 7) is 0. The fourth-order valence-corrected chi connectivity index (χ4v) is 0.927. The fraction of sp³-hybridized carbons (Fsp3) is 0. The molecule has 0 radical (unpaired) electrons. The Labute approximate surface area is 89.4 Å². The molecule has 0 aliphatic carbocycles. The van der Waals surface area contributed by atoms with Gasteiger partial charge in [0, 0.05) is 16.5 Å². The maximum Gasteiger partial charge on any atom is 0.335 e. The molecule has 5 heteroatoms. The van der Waals surface area contributed by atoms with E-state index < -0.39 is 5.97 Å². The Morgan fingerprint density at radius 1 is 1.25 bits per heavy atom. The van der Waals surface area contributed by atoms with Gasteiger partial charge in [-0.05, 0) is 18.2 Å². The van der Waals surface area contributed by atoms with Crippen molar-refractivity contribution >= 4 is 29.2 Å². The maximum atomic E-state index is 10.4. The molecule has 12 heavy (non-hydrogen) atoms. The van der Waals surface area contributed by atoms with Crippen LogP contribution >= 0.6 is 23.2 Å². The molecule has 0 aliphatic heterocycles. The van der Waals surface area contributed by atoms with Crippen molar-refractivity contribution in [1.82, 2.24) is 0 Å². The van der Waals surface area contributed by atoms with E-state index in [1.807, 2.05) is 0 Å². The summed E-state index contributed by atoms with van der Waals surface area (Å²) in [5, 5.41) is 9.11. The van der Waals surface area contributed by atoms with Crippen LogP contribution in [0.25, 0.3) is 0 Å². The van der Waals surface area contributed by atoms with E-state index in [2.05, 4.69) is 0 Å². The summed E-state index contributed by atoms with van der Waals surface area (Å²) >= 11 is 11.1. The molecule has 0 saturated heterocycles. The molecule has 0 aliphatic rings. The van der Waals surface area contributed by atoms with E-state index in [0.29, 0.717) is 5.02 Å². The Kier molecular flexibility index (Phi) is 4.61. The Morgan fingerprint density at radius 2 is 1.83 bits per heavy atom. The number of benzene rings is 1. The first-order valence-corrected chi connectivity index (χ1v) is 3.55. The zero-order chi connectivity index (χ0) is 8.43. The third-order valence-electron chi connectivity index (χ3n) is 1.17. The smallest absolute Gasteiger partial charge is 0.335 e. The Balaban J connectivity index is 0.00000121. The van der Waals surface area contributed by atoms with Gasteiger partial charge in [-0.3, -0.25) is 0 Å². The van der Waals surface area contributed by atoms with Crippen molar-refractivity contribution < 1.29 is 26.4 Å². The van der Waals surface area contributed by atoms with Crippen LogP contribution in [-0.4, -0.2) is 11.1 Å². The third-order valence-corrected chi connectivity index (χ3v) is 1.91. The number of carboxylic acid groups (broad SMARTS) is 1. The summed E-state index contributed by atoms with van der Waals surface area (Å²) in [7, 11) is 0. The van der Waals surface area contributed by atoms with Crippen molar-refractivity contribution in [2.24, 2.45) is 0 Å². The molecule has 0 amide bonds. The fourth-order valence-electron chi connectivity index (χ4n) is 0.629. The van der Waals surface area contributed by atoms with Gasteiger partial charge in [-0.1, -0.05) is 23.2 Å². The summed E-state index contributed by atoms with van der Waals surface area (Å²) in [4.78, 5) is 10.4. The van der Waals surface area contributed by atoms with Gasteiger partial charge in [-0.25, -0.2) is 4.79 Å². The van der Waals surface area contributed by atoms with Crippen LogP contribution in [0.5, 0.6) is 0 Å². The summed E-state index contributed by atoms with van der Waals surface area (Å²) in [6, 6.07) is 4.16. The molecule has 0 unspecified atom stereocenters. The Bertz CT molecular complexity index is 301. The summed E-state index contributed by atoms with van der Waals surface area (Å²) in [5.74, 6) is -1.01. The molecule has 1 aromatic rings. The van der Waals surface area contributed by atoms with Crippen molar-refractivity contribution in [2.45, 2.75) is 0 Å². The molecule has 0 fully saturated rings. The zero-order valence-corrected chi connectivity index (χ0v) is 8.16. The van der Waals surface area contributed by atoms with Gasteiger partial charge >= 0.3 is 5.97 Å². The van der Waals surface area contributed by atoms with Gasteiger partial charge in [0.25, 0.3) is 0 Å². The topological polar surface area (TPSA) is 37.3 Å². The first-order valence-electron chi connectivity index (χ1n) is 2.79. The number of aromatic carboxylic acids is 1. The second-order valence-corrected chi connectivity index (χ2v) is 2.75. The van der Waals surface area contributed by atoms with Crippen LogP contribution in [0.3, 0.4) is 0 Å². The summed E-state index contributed by atoms with van der Waals surface area (Å²) in [5.41, 5.74) is 0.138. The number of hydrogen-bond donors (Lipinski definition) is 1. The number of carboxylic acids is 1. The molecule has 0 heterocycles. The zero-order valence-electron chi connectivity index (χ0n) is 5.66. The van der Waals surface area contributed by atoms with Crippen LogP contribution < -0.4 is 0 Å². The maximum absolute atomic E-state index is 10.4. The third kappa shape index (κ3) is 2.67. The first kappa shape index (κ1) is 11.8. The predicted octanol–water partition coefficient (Wildman–Crippen LogP) is 2.69. The molecular weight excluding hydrogens is 246 g/mol. The predicted molar refractivity (Wildman–Crippen MR) is 43.4 cm³/mol. The van der Waals surface area contributed by atoms with Crippen molar-refractivity contribution in [1.29, 1.82) is 0 Å². The molecule has 68 valence electrons. The minimum Gasteiger partial charge on any atom is -0.478 e. The first-order chi connectivity index (χ1) is 5.11. The average molecular weight is 250 g/mol. The van der Waals surface area contributed by atoms with Gasteiger partial charge in [0.05, 0.1) is 15.6 Å². The Morgan fingerprint density at radius 3 is 2.25 bits per heavy atom. The largest absolute Gasteiger partial charge is 0.478 e. The SMILES string of the molecule is O=C(O)c1ccc(Cl)c(Cl)c1.[Ni]. The normalized spacial score (nSPS) is 8.83. The molecule has 0 atom stereocenters. The Hall–Kier alpha value is -0.236. The molecule has 0 aromatic heterocycles. The standard InChI is InChI=1S/C7H4Cl2O2.Ni/c8-5-2-1-4(7(10)11)3-6(5)9;/h1-3H,(H,10,11);. The number of rotatable bonds is 1. The van der Waals surface area contributed by atoms with Crippen LogP contribution in [0.4, 0.5) is 0 Å². The minimum absolute atomic E-state index is 0. The number of hydrogen-bond acceptors (Lipinski definition) is 1. The number of halogens is 2. The minimum atomic E-state index is -1.01. The van der Waals surface area contributed by atoms with E-state index in [1.165, 1.54) is 18.2 Å². The van der Waals surface area contributed by atoms with Crippen molar-refractivity contribution in [3.05, 3.63) is 33.8 Å². The van der Waals surface area contributed by atoms with Gasteiger partial charge in [-0.15, -0.1) is 0 Å². The van der Waals surface area contributed by atoms with Crippen molar-refractivity contribution in [3.63, 3.8) is 0 Å². The monoisotopic (exact) mass is 248 g/mol. The second kappa shape index (κ2) is 4.71. The van der Waals surface area contributed by atoms with E-state index in [9.17, 15) is 4.79 Å². The van der Waals surface area contributed by atoms with Crippen LogP contribution in [-0.2, 0) is 16.5 Å². The number of carbonyl (C=O) groups is 1. The molecule has 1 N–H and O–H groups in total. The van der Waals surface area contributed by atoms with E-state index in [4.69, 9.17) is 28.3 Å². The van der Waals surface area contributed by atoms with Crippen LogP contribution in [0.2, 0.25) is 10.0 Å². The van der Waals surface area contributed by atoms with E-state index in [0.717, 1.165) is 0 Å². The van der Waals surface area contributed by atoms with E-state index >= 15 is 0 Å². The van der Waals surface area contributed by atoms with Crippen LogP contribution in [0.15, 0.2) is 18.2 Å². The molecule has 0 bridgehead atoms. The molecular formula is C7H4Cl2NiO2. The van der Waals surface area contributed by atoms with Gasteiger partial charge in [-0.2, -0.15) is 0 Å². The van der Waals surface area contributed by atoms with Crippen LogP contribution in [0, 0.1) is 0 Å². The molecule has 0 spiro atoms. The quantitative estimate of drug-likeness (QED) is 0.777.